The minimum Gasteiger partial charge on any atom is -0.465 e. The number of ether oxygens (including phenoxy) is 2. The Balaban J connectivity index is 2.59. The molecule has 0 aliphatic heterocycles. The Labute approximate surface area is 115 Å². The van der Waals surface area contributed by atoms with Gasteiger partial charge >= 0.3 is 11.9 Å². The predicted octanol–water partition coefficient (Wildman–Crippen LogP) is 2.22. The van der Waals surface area contributed by atoms with Crippen LogP contribution in [-0.2, 0) is 9.47 Å². The fourth-order valence-corrected chi connectivity index (χ4v) is 1.72. The average Bonchev–Trinajstić information content (AvgIpc) is 2.91. The lowest BCUT2D eigenvalue weighted by Gasteiger charge is -2.02. The van der Waals surface area contributed by atoms with E-state index in [-0.39, 0.29) is 17.0 Å². The second-order valence-electron chi connectivity index (χ2n) is 4.08. The zero-order valence-electron chi connectivity index (χ0n) is 11.3. The molecule has 6 heteroatoms. The van der Waals surface area contributed by atoms with Crippen LogP contribution >= 0.6 is 0 Å². The molecule has 0 aliphatic rings. The summed E-state index contributed by atoms with van der Waals surface area (Å²) in [6.45, 7) is 1.94. The summed E-state index contributed by atoms with van der Waals surface area (Å²) in [6, 6.07) is 7.28. The number of rotatable bonds is 3. The first-order valence-electron chi connectivity index (χ1n) is 5.81. The maximum Gasteiger partial charge on any atom is 0.377 e. The van der Waals surface area contributed by atoms with Crippen molar-refractivity contribution < 1.29 is 23.6 Å². The largest absolute Gasteiger partial charge is 0.465 e. The lowest BCUT2D eigenvalue weighted by atomic mass is 10.0. The Kier molecular flexibility index (Phi) is 3.84. The monoisotopic (exact) mass is 275 g/mol. The highest BCUT2D eigenvalue weighted by molar-refractivity contribution is 6.05. The minimum absolute atomic E-state index is 0.0387. The van der Waals surface area contributed by atoms with Gasteiger partial charge in [-0.25, -0.2) is 9.59 Å². The van der Waals surface area contributed by atoms with E-state index in [1.807, 2.05) is 19.1 Å². The first-order chi connectivity index (χ1) is 9.58. The summed E-state index contributed by atoms with van der Waals surface area (Å²) in [6.07, 6.45) is 0. The quantitative estimate of drug-likeness (QED) is 0.799. The van der Waals surface area contributed by atoms with Gasteiger partial charge in [0.25, 0.3) is 5.76 Å². The number of aromatic nitrogens is 1. The highest BCUT2D eigenvalue weighted by Crippen LogP contribution is 2.27. The highest BCUT2D eigenvalue weighted by Gasteiger charge is 2.29. The topological polar surface area (TPSA) is 78.6 Å². The normalized spacial score (nSPS) is 10.2. The zero-order valence-corrected chi connectivity index (χ0v) is 11.3. The Morgan fingerprint density at radius 2 is 1.65 bits per heavy atom. The Hall–Kier alpha value is -2.63. The van der Waals surface area contributed by atoms with Crippen molar-refractivity contribution in [2.24, 2.45) is 0 Å². The van der Waals surface area contributed by atoms with Gasteiger partial charge in [-0.2, -0.15) is 0 Å². The maximum absolute atomic E-state index is 11.8. The summed E-state index contributed by atoms with van der Waals surface area (Å²) >= 11 is 0. The summed E-state index contributed by atoms with van der Waals surface area (Å²) in [5.74, 6) is -1.76. The van der Waals surface area contributed by atoms with Gasteiger partial charge in [-0.1, -0.05) is 35.0 Å². The van der Waals surface area contributed by atoms with Gasteiger partial charge in [0.15, 0.2) is 0 Å². The van der Waals surface area contributed by atoms with Crippen molar-refractivity contribution in [3.8, 4) is 11.3 Å². The van der Waals surface area contributed by atoms with Crippen molar-refractivity contribution in [2.75, 3.05) is 14.2 Å². The van der Waals surface area contributed by atoms with Crippen molar-refractivity contribution >= 4 is 11.9 Å². The molecule has 0 N–H and O–H groups in total. The summed E-state index contributed by atoms with van der Waals surface area (Å²) in [4.78, 5) is 23.4. The molecule has 1 heterocycles. The summed E-state index contributed by atoms with van der Waals surface area (Å²) in [5, 5.41) is 3.78. The van der Waals surface area contributed by atoms with Crippen LogP contribution in [0.2, 0.25) is 0 Å². The van der Waals surface area contributed by atoms with Crippen molar-refractivity contribution in [3.63, 3.8) is 0 Å². The van der Waals surface area contributed by atoms with Crippen molar-refractivity contribution in [1.29, 1.82) is 0 Å². The van der Waals surface area contributed by atoms with Crippen molar-refractivity contribution in [1.82, 2.24) is 5.16 Å². The van der Waals surface area contributed by atoms with Gasteiger partial charge in [0.05, 0.1) is 14.2 Å². The third kappa shape index (κ3) is 2.40. The van der Waals surface area contributed by atoms with Crippen LogP contribution in [0, 0.1) is 6.92 Å². The van der Waals surface area contributed by atoms with Crippen LogP contribution in [0.5, 0.6) is 0 Å². The smallest absolute Gasteiger partial charge is 0.377 e. The molecule has 0 atom stereocenters. The van der Waals surface area contributed by atoms with Crippen molar-refractivity contribution in [3.05, 3.63) is 41.2 Å². The number of carbonyl (C=O) groups excluding carboxylic acids is 2. The van der Waals surface area contributed by atoms with Crippen LogP contribution in [0.4, 0.5) is 0 Å². The third-order valence-electron chi connectivity index (χ3n) is 2.78. The molecular weight excluding hydrogens is 262 g/mol. The molecule has 0 fully saturated rings. The van der Waals surface area contributed by atoms with E-state index >= 15 is 0 Å². The minimum atomic E-state index is -0.781. The third-order valence-corrected chi connectivity index (χ3v) is 2.78. The summed E-state index contributed by atoms with van der Waals surface area (Å²) in [5.41, 5.74) is 1.92. The molecule has 2 aromatic rings. The molecular formula is C14H13NO5. The van der Waals surface area contributed by atoms with Gasteiger partial charge in [0.1, 0.15) is 11.3 Å². The van der Waals surface area contributed by atoms with E-state index in [9.17, 15) is 9.59 Å². The van der Waals surface area contributed by atoms with Crippen molar-refractivity contribution in [2.45, 2.75) is 6.92 Å². The summed E-state index contributed by atoms with van der Waals surface area (Å²) < 4.78 is 14.2. The van der Waals surface area contributed by atoms with Crippen LogP contribution < -0.4 is 0 Å². The Morgan fingerprint density at radius 3 is 2.20 bits per heavy atom. The fourth-order valence-electron chi connectivity index (χ4n) is 1.72. The van der Waals surface area contributed by atoms with E-state index in [2.05, 4.69) is 14.6 Å². The Morgan fingerprint density at radius 1 is 1.05 bits per heavy atom. The van der Waals surface area contributed by atoms with E-state index in [4.69, 9.17) is 4.52 Å². The molecule has 0 radical (unpaired) electrons. The average molecular weight is 275 g/mol. The molecule has 2 rings (SSSR count). The number of nitrogens with zero attached hydrogens (tertiary/aromatic N) is 1. The maximum atomic E-state index is 11.8. The van der Waals surface area contributed by atoms with Crippen LogP contribution in [-0.4, -0.2) is 31.3 Å². The van der Waals surface area contributed by atoms with Crippen LogP contribution in [0.1, 0.15) is 26.5 Å². The van der Waals surface area contributed by atoms with Gasteiger partial charge in [-0.05, 0) is 6.92 Å². The second kappa shape index (κ2) is 5.56. The van der Waals surface area contributed by atoms with Crippen LogP contribution in [0.15, 0.2) is 28.8 Å². The first kappa shape index (κ1) is 13.8. The zero-order chi connectivity index (χ0) is 14.7. The van der Waals surface area contributed by atoms with E-state index in [0.29, 0.717) is 5.56 Å². The van der Waals surface area contributed by atoms with E-state index < -0.39 is 11.9 Å². The van der Waals surface area contributed by atoms with Gasteiger partial charge in [-0.3, -0.25) is 0 Å². The molecule has 1 aromatic carbocycles. The lowest BCUT2D eigenvalue weighted by molar-refractivity contribution is 0.0521. The fraction of sp³-hybridized carbons (Fsp3) is 0.214. The lowest BCUT2D eigenvalue weighted by Crippen LogP contribution is -2.10. The molecule has 0 saturated carbocycles. The number of carbonyl (C=O) groups is 2. The molecule has 20 heavy (non-hydrogen) atoms. The molecule has 1 aromatic heterocycles. The molecule has 0 amide bonds. The molecule has 0 aliphatic carbocycles. The number of aryl methyl sites for hydroxylation is 1. The van der Waals surface area contributed by atoms with Crippen LogP contribution in [0.25, 0.3) is 11.3 Å². The number of methoxy groups -OCH3 is 2. The first-order valence-corrected chi connectivity index (χ1v) is 5.81. The summed E-state index contributed by atoms with van der Waals surface area (Å²) in [7, 11) is 2.41. The number of hydrogen-bond donors (Lipinski definition) is 0. The van der Waals surface area contributed by atoms with Gasteiger partial charge in [0.2, 0.25) is 0 Å². The van der Waals surface area contributed by atoms with E-state index in [1.54, 1.807) is 12.1 Å². The number of benzene rings is 1. The second-order valence-corrected chi connectivity index (χ2v) is 4.08. The van der Waals surface area contributed by atoms with E-state index in [0.717, 1.165) is 5.56 Å². The molecule has 0 saturated heterocycles. The molecule has 0 spiro atoms. The Bertz CT molecular complexity index is 642. The molecule has 104 valence electrons. The SMILES string of the molecule is COC(=O)c1onc(-c2ccc(C)cc2)c1C(=O)OC. The van der Waals surface area contributed by atoms with Gasteiger partial charge < -0.3 is 14.0 Å². The van der Waals surface area contributed by atoms with Gasteiger partial charge in [0, 0.05) is 5.56 Å². The number of hydrogen-bond acceptors (Lipinski definition) is 6. The predicted molar refractivity (Wildman–Crippen MR) is 69.4 cm³/mol. The highest BCUT2D eigenvalue weighted by atomic mass is 16.6. The standard InChI is InChI=1S/C14H13NO5/c1-8-4-6-9(7-5-8)11-10(13(16)18-2)12(20-15-11)14(17)19-3/h4-7H,1-3H3. The molecule has 0 unspecified atom stereocenters. The van der Waals surface area contributed by atoms with E-state index in [1.165, 1.54) is 14.2 Å². The molecule has 0 bridgehead atoms. The number of esters is 2. The van der Waals surface area contributed by atoms with Gasteiger partial charge in [-0.15, -0.1) is 0 Å². The molecule has 6 nitrogen and oxygen atoms in total. The van der Waals surface area contributed by atoms with Crippen LogP contribution in [0.3, 0.4) is 0 Å².